The van der Waals surface area contributed by atoms with Crippen LogP contribution in [0.4, 0.5) is 0 Å². The first kappa shape index (κ1) is 14.5. The topological polar surface area (TPSA) is 66.4 Å². The third kappa shape index (κ3) is 6.07. The molecule has 0 saturated carbocycles. The number of hydrogen-bond acceptors (Lipinski definition) is 2. The number of unbranched alkanes of at least 4 members (excludes halogenated alkanes) is 2. The molecule has 0 fully saturated rings. The minimum Gasteiger partial charge on any atom is -0.481 e. The summed E-state index contributed by atoms with van der Waals surface area (Å²) in [4.78, 5) is 22.2. The van der Waals surface area contributed by atoms with Crippen LogP contribution in [-0.2, 0) is 9.59 Å². The molecule has 0 aliphatic rings. The summed E-state index contributed by atoms with van der Waals surface area (Å²) in [5, 5.41) is 11.5. The van der Waals surface area contributed by atoms with Crippen LogP contribution < -0.4 is 5.32 Å². The molecule has 0 aromatic heterocycles. The minimum atomic E-state index is -1.01. The van der Waals surface area contributed by atoms with Gasteiger partial charge in [-0.05, 0) is 26.7 Å². The van der Waals surface area contributed by atoms with Gasteiger partial charge in [-0.25, -0.2) is 0 Å². The molecular formula is C12H19NO3. The van der Waals surface area contributed by atoms with Gasteiger partial charge in [-0.1, -0.05) is 0 Å². The number of carbonyl (C=O) groups excluding carboxylic acids is 1. The van der Waals surface area contributed by atoms with E-state index >= 15 is 0 Å². The summed E-state index contributed by atoms with van der Waals surface area (Å²) < 4.78 is 0. The Morgan fingerprint density at radius 1 is 1.38 bits per heavy atom. The maximum atomic E-state index is 11.4. The molecule has 0 saturated heterocycles. The second-order valence-corrected chi connectivity index (χ2v) is 4.38. The van der Waals surface area contributed by atoms with E-state index in [0.29, 0.717) is 13.0 Å². The standard InChI is InChI=1S/C12H19NO3/c1-4-5-6-7-8-13-10(14)9-12(2,3)11(15)16/h1H,5-9H2,2-3H3,(H,13,14)(H,15,16). The zero-order valence-corrected chi connectivity index (χ0v) is 9.88. The Labute approximate surface area is 96.4 Å². The lowest BCUT2D eigenvalue weighted by Gasteiger charge is -2.18. The van der Waals surface area contributed by atoms with Crippen LogP contribution in [0.1, 0.15) is 39.5 Å². The maximum absolute atomic E-state index is 11.4. The Bertz CT molecular complexity index is 289. The average molecular weight is 225 g/mol. The molecule has 0 spiro atoms. The van der Waals surface area contributed by atoms with Gasteiger partial charge in [0.2, 0.25) is 5.91 Å². The van der Waals surface area contributed by atoms with Gasteiger partial charge in [0.15, 0.2) is 0 Å². The predicted octanol–water partition coefficient (Wildman–Crippen LogP) is 1.41. The SMILES string of the molecule is C#CCCCCNC(=O)CC(C)(C)C(=O)O. The number of carboxylic acid groups (broad SMARTS) is 1. The van der Waals surface area contributed by atoms with Crippen LogP contribution >= 0.6 is 0 Å². The highest BCUT2D eigenvalue weighted by Crippen LogP contribution is 2.19. The second-order valence-electron chi connectivity index (χ2n) is 4.38. The largest absolute Gasteiger partial charge is 0.481 e. The van der Waals surface area contributed by atoms with Crippen LogP contribution in [0.2, 0.25) is 0 Å². The third-order valence-corrected chi connectivity index (χ3v) is 2.25. The Morgan fingerprint density at radius 2 is 2.00 bits per heavy atom. The van der Waals surface area contributed by atoms with E-state index in [4.69, 9.17) is 11.5 Å². The zero-order chi connectivity index (χ0) is 12.6. The van der Waals surface area contributed by atoms with Crippen LogP contribution in [0, 0.1) is 17.8 Å². The van der Waals surface area contributed by atoms with Crippen molar-refractivity contribution in [1.29, 1.82) is 0 Å². The van der Waals surface area contributed by atoms with Crippen molar-refractivity contribution in [2.75, 3.05) is 6.54 Å². The first-order valence-electron chi connectivity index (χ1n) is 5.33. The van der Waals surface area contributed by atoms with Crippen LogP contribution in [-0.4, -0.2) is 23.5 Å². The van der Waals surface area contributed by atoms with Gasteiger partial charge in [0.25, 0.3) is 0 Å². The first-order valence-corrected chi connectivity index (χ1v) is 5.33. The van der Waals surface area contributed by atoms with Crippen molar-refractivity contribution in [1.82, 2.24) is 5.32 Å². The predicted molar refractivity (Wildman–Crippen MR) is 61.7 cm³/mol. The normalized spacial score (nSPS) is 10.6. The molecule has 0 rings (SSSR count). The fraction of sp³-hybridized carbons (Fsp3) is 0.667. The van der Waals surface area contributed by atoms with Gasteiger partial charge in [0.1, 0.15) is 0 Å². The summed E-state index contributed by atoms with van der Waals surface area (Å²) in [6.45, 7) is 3.62. The molecular weight excluding hydrogens is 206 g/mol. The Morgan fingerprint density at radius 3 is 2.50 bits per heavy atom. The van der Waals surface area contributed by atoms with E-state index in [1.807, 2.05) is 0 Å². The van der Waals surface area contributed by atoms with Crippen LogP contribution in [0.25, 0.3) is 0 Å². The Kier molecular flexibility index (Phi) is 6.24. The van der Waals surface area contributed by atoms with Crippen molar-refractivity contribution >= 4 is 11.9 Å². The van der Waals surface area contributed by atoms with Crippen molar-refractivity contribution in [2.45, 2.75) is 39.5 Å². The summed E-state index contributed by atoms with van der Waals surface area (Å²) in [7, 11) is 0. The maximum Gasteiger partial charge on any atom is 0.309 e. The van der Waals surface area contributed by atoms with Gasteiger partial charge >= 0.3 is 5.97 Å². The van der Waals surface area contributed by atoms with Crippen LogP contribution in [0.3, 0.4) is 0 Å². The molecule has 0 aromatic carbocycles. The van der Waals surface area contributed by atoms with Gasteiger partial charge in [-0.2, -0.15) is 0 Å². The molecule has 2 N–H and O–H groups in total. The molecule has 4 nitrogen and oxygen atoms in total. The van der Waals surface area contributed by atoms with E-state index in [1.54, 1.807) is 0 Å². The molecule has 1 amide bonds. The van der Waals surface area contributed by atoms with Gasteiger partial charge in [-0.3, -0.25) is 9.59 Å². The highest BCUT2D eigenvalue weighted by Gasteiger charge is 2.29. The van der Waals surface area contributed by atoms with E-state index in [0.717, 1.165) is 12.8 Å². The van der Waals surface area contributed by atoms with Crippen molar-refractivity contribution in [3.05, 3.63) is 0 Å². The van der Waals surface area contributed by atoms with E-state index in [9.17, 15) is 9.59 Å². The van der Waals surface area contributed by atoms with Gasteiger partial charge < -0.3 is 10.4 Å². The highest BCUT2D eigenvalue weighted by molar-refractivity contribution is 5.84. The summed E-state index contributed by atoms with van der Waals surface area (Å²) in [6.07, 6.45) is 7.48. The lowest BCUT2D eigenvalue weighted by molar-refractivity contribution is -0.149. The zero-order valence-electron chi connectivity index (χ0n) is 9.88. The van der Waals surface area contributed by atoms with Gasteiger partial charge in [-0.15, -0.1) is 12.3 Å². The van der Waals surface area contributed by atoms with Crippen molar-refractivity contribution in [3.63, 3.8) is 0 Å². The van der Waals surface area contributed by atoms with Gasteiger partial charge in [0.05, 0.1) is 5.41 Å². The number of rotatable bonds is 7. The lowest BCUT2D eigenvalue weighted by Crippen LogP contribution is -2.33. The molecule has 0 aliphatic heterocycles. The molecule has 0 heterocycles. The number of amides is 1. The van der Waals surface area contributed by atoms with Gasteiger partial charge in [0, 0.05) is 19.4 Å². The quantitative estimate of drug-likeness (QED) is 0.508. The first-order chi connectivity index (χ1) is 7.40. The summed E-state index contributed by atoms with van der Waals surface area (Å²) in [5.74, 6) is 1.33. The molecule has 0 aromatic rings. The highest BCUT2D eigenvalue weighted by atomic mass is 16.4. The summed E-state index contributed by atoms with van der Waals surface area (Å²) in [5.41, 5.74) is -1.01. The number of hydrogen-bond donors (Lipinski definition) is 2. The monoisotopic (exact) mass is 225 g/mol. The fourth-order valence-electron chi connectivity index (χ4n) is 1.12. The molecule has 0 atom stereocenters. The second kappa shape index (κ2) is 6.89. The molecule has 90 valence electrons. The Balaban J connectivity index is 3.76. The third-order valence-electron chi connectivity index (χ3n) is 2.25. The minimum absolute atomic E-state index is 0.00251. The number of terminal acetylenes is 1. The molecule has 0 radical (unpaired) electrons. The van der Waals surface area contributed by atoms with E-state index in [2.05, 4.69) is 11.2 Å². The number of carboxylic acids is 1. The number of nitrogens with one attached hydrogen (secondary N) is 1. The van der Waals surface area contributed by atoms with E-state index in [-0.39, 0.29) is 12.3 Å². The van der Waals surface area contributed by atoms with Crippen molar-refractivity contribution in [2.24, 2.45) is 5.41 Å². The van der Waals surface area contributed by atoms with Crippen molar-refractivity contribution in [3.8, 4) is 12.3 Å². The molecule has 16 heavy (non-hydrogen) atoms. The molecule has 4 heteroatoms. The van der Waals surface area contributed by atoms with Crippen LogP contribution in [0.5, 0.6) is 0 Å². The Hall–Kier alpha value is -1.50. The smallest absolute Gasteiger partial charge is 0.309 e. The lowest BCUT2D eigenvalue weighted by atomic mass is 9.89. The summed E-state index contributed by atoms with van der Waals surface area (Å²) >= 11 is 0. The average Bonchev–Trinajstić information content (AvgIpc) is 2.16. The molecule has 0 bridgehead atoms. The van der Waals surface area contributed by atoms with E-state index < -0.39 is 11.4 Å². The van der Waals surface area contributed by atoms with E-state index in [1.165, 1.54) is 13.8 Å². The number of aliphatic carboxylic acids is 1. The van der Waals surface area contributed by atoms with Crippen LogP contribution in [0.15, 0.2) is 0 Å². The fourth-order valence-corrected chi connectivity index (χ4v) is 1.12. The van der Waals surface area contributed by atoms with Crippen molar-refractivity contribution < 1.29 is 14.7 Å². The molecule has 0 unspecified atom stereocenters. The molecule has 0 aliphatic carbocycles. The summed E-state index contributed by atoms with van der Waals surface area (Å²) in [6, 6.07) is 0. The number of carbonyl (C=O) groups is 2.